The van der Waals surface area contributed by atoms with Gasteiger partial charge < -0.3 is 9.84 Å². The van der Waals surface area contributed by atoms with Crippen LogP contribution in [0.15, 0.2) is 23.1 Å². The topological polar surface area (TPSA) is 46.5 Å². The van der Waals surface area contributed by atoms with Crippen LogP contribution in [0, 0.1) is 0 Å². The number of aliphatic carboxylic acids is 1. The summed E-state index contributed by atoms with van der Waals surface area (Å²) in [6.07, 6.45) is 1.44. The number of ether oxygens (including phenoxy) is 1. The van der Waals surface area contributed by atoms with E-state index < -0.39 is 5.97 Å². The molecule has 1 atom stereocenters. The molecule has 1 unspecified atom stereocenters. The highest BCUT2D eigenvalue weighted by atomic mass is 35.7. The number of halogens is 1. The first-order valence-electron chi connectivity index (χ1n) is 4.99. The third-order valence-electron chi connectivity index (χ3n) is 2.55. The minimum absolute atomic E-state index is 0.0610. The van der Waals surface area contributed by atoms with Gasteiger partial charge in [-0.05, 0) is 58.3 Å². The largest absolute Gasteiger partial charge is 0.490 e. The number of hydrogen-bond donors (Lipinski definition) is 1. The molecule has 2 rings (SSSR count). The second-order valence-electron chi connectivity index (χ2n) is 3.72. The van der Waals surface area contributed by atoms with E-state index in [-0.39, 0.29) is 12.5 Å². The van der Waals surface area contributed by atoms with Crippen LogP contribution in [0.25, 0.3) is 0 Å². The van der Waals surface area contributed by atoms with E-state index in [0.29, 0.717) is 0 Å². The molecule has 5 heteroatoms. The standard InChI is InChI=1S/C11H11ClO3S/c12-16-9-3-4-10-7(5-9)1-2-8(15-10)6-11(13)14/h3-5,8H,1-2,6H2,(H,13,14). The van der Waals surface area contributed by atoms with E-state index in [1.807, 2.05) is 18.2 Å². The van der Waals surface area contributed by atoms with Crippen LogP contribution in [0.1, 0.15) is 18.4 Å². The van der Waals surface area contributed by atoms with Crippen LogP contribution in [0.4, 0.5) is 0 Å². The van der Waals surface area contributed by atoms with Gasteiger partial charge in [0.15, 0.2) is 0 Å². The fourth-order valence-corrected chi connectivity index (χ4v) is 2.40. The van der Waals surface area contributed by atoms with Gasteiger partial charge in [-0.2, -0.15) is 0 Å². The molecule has 1 N–H and O–H groups in total. The van der Waals surface area contributed by atoms with E-state index in [9.17, 15) is 4.79 Å². The Morgan fingerprint density at radius 1 is 1.62 bits per heavy atom. The molecular formula is C11H11ClO3S. The molecule has 1 aliphatic heterocycles. The minimum Gasteiger partial charge on any atom is -0.490 e. The zero-order valence-corrected chi connectivity index (χ0v) is 10.1. The molecule has 3 nitrogen and oxygen atoms in total. The van der Waals surface area contributed by atoms with Crippen molar-refractivity contribution in [3.63, 3.8) is 0 Å². The maximum Gasteiger partial charge on any atom is 0.307 e. The number of carboxylic acid groups (broad SMARTS) is 1. The van der Waals surface area contributed by atoms with Crippen molar-refractivity contribution >= 4 is 27.6 Å². The predicted octanol–water partition coefficient (Wildman–Crippen LogP) is 3.10. The summed E-state index contributed by atoms with van der Waals surface area (Å²) in [6, 6.07) is 5.72. The molecule has 0 amide bonds. The van der Waals surface area contributed by atoms with Crippen LogP contribution in [-0.4, -0.2) is 17.2 Å². The number of carboxylic acids is 1. The molecule has 1 aliphatic rings. The average Bonchev–Trinajstić information content (AvgIpc) is 2.27. The summed E-state index contributed by atoms with van der Waals surface area (Å²) in [6.45, 7) is 0. The molecular weight excluding hydrogens is 248 g/mol. The van der Waals surface area contributed by atoms with E-state index >= 15 is 0 Å². The summed E-state index contributed by atoms with van der Waals surface area (Å²) in [4.78, 5) is 11.6. The van der Waals surface area contributed by atoms with Gasteiger partial charge in [0, 0.05) is 4.90 Å². The molecule has 0 spiro atoms. The Morgan fingerprint density at radius 2 is 2.44 bits per heavy atom. The molecule has 1 heterocycles. The lowest BCUT2D eigenvalue weighted by molar-refractivity contribution is -0.139. The Balaban J connectivity index is 2.12. The van der Waals surface area contributed by atoms with E-state index in [1.54, 1.807) is 0 Å². The summed E-state index contributed by atoms with van der Waals surface area (Å²) < 4.78 is 5.61. The van der Waals surface area contributed by atoms with Crippen molar-refractivity contribution in [1.29, 1.82) is 0 Å². The molecule has 0 radical (unpaired) electrons. The van der Waals surface area contributed by atoms with Crippen molar-refractivity contribution in [2.24, 2.45) is 0 Å². The highest BCUT2D eigenvalue weighted by Crippen LogP contribution is 2.33. The summed E-state index contributed by atoms with van der Waals surface area (Å²) in [5.41, 5.74) is 1.10. The number of rotatable bonds is 3. The average molecular weight is 259 g/mol. The van der Waals surface area contributed by atoms with Crippen LogP contribution < -0.4 is 4.74 Å². The van der Waals surface area contributed by atoms with Crippen LogP contribution in [0.2, 0.25) is 0 Å². The first-order valence-corrected chi connectivity index (χ1v) is 6.63. The number of benzene rings is 1. The smallest absolute Gasteiger partial charge is 0.307 e. The maximum atomic E-state index is 10.6. The van der Waals surface area contributed by atoms with Gasteiger partial charge in [-0.3, -0.25) is 4.79 Å². The van der Waals surface area contributed by atoms with Crippen molar-refractivity contribution < 1.29 is 14.6 Å². The van der Waals surface area contributed by atoms with Crippen molar-refractivity contribution in [3.8, 4) is 5.75 Å². The van der Waals surface area contributed by atoms with Crippen LogP contribution >= 0.6 is 21.7 Å². The maximum absolute atomic E-state index is 10.6. The molecule has 1 aromatic carbocycles. The lowest BCUT2D eigenvalue weighted by Crippen LogP contribution is -2.25. The van der Waals surface area contributed by atoms with E-state index in [1.165, 1.54) is 11.0 Å². The highest BCUT2D eigenvalue weighted by Gasteiger charge is 2.22. The van der Waals surface area contributed by atoms with Crippen LogP contribution in [-0.2, 0) is 11.2 Å². The van der Waals surface area contributed by atoms with Gasteiger partial charge in [0.05, 0.1) is 6.42 Å². The molecule has 0 saturated heterocycles. The van der Waals surface area contributed by atoms with Gasteiger partial charge in [-0.25, -0.2) is 0 Å². The van der Waals surface area contributed by atoms with E-state index in [2.05, 4.69) is 0 Å². The van der Waals surface area contributed by atoms with Crippen LogP contribution in [0.3, 0.4) is 0 Å². The fraction of sp³-hybridized carbons (Fsp3) is 0.364. The molecule has 16 heavy (non-hydrogen) atoms. The van der Waals surface area contributed by atoms with Gasteiger partial charge in [0.25, 0.3) is 0 Å². The van der Waals surface area contributed by atoms with Crippen molar-refractivity contribution in [2.45, 2.75) is 30.3 Å². The monoisotopic (exact) mass is 258 g/mol. The Morgan fingerprint density at radius 3 is 3.12 bits per heavy atom. The number of carbonyl (C=O) groups is 1. The Bertz CT molecular complexity index is 408. The number of aryl methyl sites for hydroxylation is 1. The molecule has 0 aliphatic carbocycles. The quantitative estimate of drug-likeness (QED) is 0.905. The number of fused-ring (bicyclic) bond motifs is 1. The summed E-state index contributed by atoms with van der Waals surface area (Å²) in [7, 11) is 6.84. The zero-order valence-electron chi connectivity index (χ0n) is 8.48. The Kier molecular flexibility index (Phi) is 3.61. The lowest BCUT2D eigenvalue weighted by atomic mass is 10.0. The van der Waals surface area contributed by atoms with Gasteiger partial charge >= 0.3 is 5.97 Å². The third-order valence-corrected chi connectivity index (χ3v) is 3.52. The molecule has 86 valence electrons. The normalized spacial score (nSPS) is 18.7. The zero-order chi connectivity index (χ0) is 11.5. The second-order valence-corrected chi connectivity index (χ2v) is 4.81. The molecule has 0 aromatic heterocycles. The van der Waals surface area contributed by atoms with E-state index in [4.69, 9.17) is 20.5 Å². The molecule has 0 saturated carbocycles. The number of hydrogen-bond acceptors (Lipinski definition) is 3. The van der Waals surface area contributed by atoms with Crippen molar-refractivity contribution in [3.05, 3.63) is 23.8 Å². The van der Waals surface area contributed by atoms with Gasteiger partial charge in [-0.1, -0.05) is 0 Å². The van der Waals surface area contributed by atoms with E-state index in [0.717, 1.165) is 29.1 Å². The highest BCUT2D eigenvalue weighted by molar-refractivity contribution is 8.21. The molecule has 0 bridgehead atoms. The van der Waals surface area contributed by atoms with Gasteiger partial charge in [0.2, 0.25) is 0 Å². The third kappa shape index (κ3) is 2.62. The van der Waals surface area contributed by atoms with Crippen LogP contribution in [0.5, 0.6) is 5.75 Å². The Labute approximate surface area is 102 Å². The van der Waals surface area contributed by atoms with Crippen molar-refractivity contribution in [2.75, 3.05) is 0 Å². The Hall–Kier alpha value is -0.870. The van der Waals surface area contributed by atoms with Gasteiger partial charge in [0.1, 0.15) is 11.9 Å². The fourth-order valence-electron chi connectivity index (χ4n) is 1.81. The first kappa shape index (κ1) is 11.6. The van der Waals surface area contributed by atoms with Crippen molar-refractivity contribution in [1.82, 2.24) is 0 Å². The SMILES string of the molecule is O=C(O)CC1CCc2cc(SCl)ccc2O1. The summed E-state index contributed by atoms with van der Waals surface area (Å²) >= 11 is 0. The predicted molar refractivity (Wildman–Crippen MR) is 63.1 cm³/mol. The second kappa shape index (κ2) is 4.97. The lowest BCUT2D eigenvalue weighted by Gasteiger charge is -2.25. The van der Waals surface area contributed by atoms with Gasteiger partial charge in [-0.15, -0.1) is 0 Å². The molecule has 0 fully saturated rings. The summed E-state index contributed by atoms with van der Waals surface area (Å²) in [5.74, 6) is -0.0339. The minimum atomic E-state index is -0.818. The first-order chi connectivity index (χ1) is 7.69. The summed E-state index contributed by atoms with van der Waals surface area (Å²) in [5, 5.41) is 8.70. The molecule has 1 aromatic rings.